The molecule has 0 bridgehead atoms. The number of benzene rings is 2. The lowest BCUT2D eigenvalue weighted by molar-refractivity contribution is -0.0116. The molecule has 174 valence electrons. The molecule has 6 rings (SSSR count). The fourth-order valence-corrected chi connectivity index (χ4v) is 4.95. The van der Waals surface area contributed by atoms with E-state index in [4.69, 9.17) is 4.74 Å². The lowest BCUT2D eigenvalue weighted by Crippen LogP contribution is -2.58. The van der Waals surface area contributed by atoms with Gasteiger partial charge in [0.25, 0.3) is 5.56 Å². The monoisotopic (exact) mass is 460 g/mol. The largest absolute Gasteiger partial charge is 0.378 e. The number of anilines is 1. The van der Waals surface area contributed by atoms with Crippen molar-refractivity contribution >= 4 is 16.7 Å². The van der Waals surface area contributed by atoms with Crippen LogP contribution >= 0.6 is 0 Å². The fourth-order valence-electron chi connectivity index (χ4n) is 4.95. The lowest BCUT2D eigenvalue weighted by atomic mass is 10.1. The summed E-state index contributed by atoms with van der Waals surface area (Å²) in [6.07, 6.45) is 0. The number of halogens is 1. The summed E-state index contributed by atoms with van der Waals surface area (Å²) in [5.41, 5.74) is 4.05. The SMILES string of the molecule is Cc1cccc(F)c1-n1nc2c(-c3ccc(N4CCN5CCOCC5C4)cc3)n[nH]c2cc1=O. The summed E-state index contributed by atoms with van der Waals surface area (Å²) in [6.45, 7) is 7.33. The summed E-state index contributed by atoms with van der Waals surface area (Å²) >= 11 is 0. The van der Waals surface area contributed by atoms with E-state index in [1.54, 1.807) is 19.1 Å². The smallest absolute Gasteiger partial charge is 0.273 e. The second-order valence-corrected chi connectivity index (χ2v) is 8.89. The molecule has 0 aliphatic carbocycles. The van der Waals surface area contributed by atoms with Gasteiger partial charge in [-0.3, -0.25) is 14.8 Å². The van der Waals surface area contributed by atoms with Crippen molar-refractivity contribution in [2.24, 2.45) is 0 Å². The van der Waals surface area contributed by atoms with Crippen LogP contribution in [0.2, 0.25) is 0 Å². The molecular formula is C25H25FN6O2. The van der Waals surface area contributed by atoms with Crippen LogP contribution in [0.15, 0.2) is 53.3 Å². The van der Waals surface area contributed by atoms with Crippen molar-refractivity contribution in [3.05, 3.63) is 70.3 Å². The van der Waals surface area contributed by atoms with E-state index in [1.165, 1.54) is 12.1 Å². The van der Waals surface area contributed by atoms with Gasteiger partial charge in [-0.2, -0.15) is 14.9 Å². The highest BCUT2D eigenvalue weighted by Crippen LogP contribution is 2.28. The number of aromatic amines is 1. The number of para-hydroxylation sites is 1. The van der Waals surface area contributed by atoms with Crippen LogP contribution < -0.4 is 10.5 Å². The van der Waals surface area contributed by atoms with Crippen LogP contribution in [0.5, 0.6) is 0 Å². The molecule has 4 heterocycles. The molecule has 8 nitrogen and oxygen atoms in total. The summed E-state index contributed by atoms with van der Waals surface area (Å²) in [5, 5.41) is 11.8. The maximum Gasteiger partial charge on any atom is 0.273 e. The topological polar surface area (TPSA) is 79.3 Å². The van der Waals surface area contributed by atoms with Gasteiger partial charge in [0.2, 0.25) is 0 Å². The van der Waals surface area contributed by atoms with Gasteiger partial charge >= 0.3 is 0 Å². The molecule has 0 radical (unpaired) electrons. The standard InChI is InChI=1S/C25H25FN6O2/c1-16-3-2-4-20(26)25(16)32-22(33)13-21-24(29-32)23(28-27-21)17-5-7-18(8-6-17)31-10-9-30-11-12-34-15-19(30)14-31/h2-8,13,19,27H,9-12,14-15H2,1H3. The zero-order valence-corrected chi connectivity index (χ0v) is 18.9. The minimum absolute atomic E-state index is 0.155. The van der Waals surface area contributed by atoms with Crippen LogP contribution in [0.4, 0.5) is 10.1 Å². The molecule has 2 fully saturated rings. The number of aromatic nitrogens is 4. The van der Waals surface area contributed by atoms with E-state index in [0.717, 1.165) is 55.3 Å². The third-order valence-electron chi connectivity index (χ3n) is 6.79. The van der Waals surface area contributed by atoms with E-state index >= 15 is 0 Å². The van der Waals surface area contributed by atoms with Gasteiger partial charge < -0.3 is 9.64 Å². The summed E-state index contributed by atoms with van der Waals surface area (Å²) < 4.78 is 21.3. The third-order valence-corrected chi connectivity index (χ3v) is 6.79. The second-order valence-electron chi connectivity index (χ2n) is 8.89. The van der Waals surface area contributed by atoms with Gasteiger partial charge in [-0.1, -0.05) is 24.3 Å². The van der Waals surface area contributed by atoms with Crippen LogP contribution in [0.3, 0.4) is 0 Å². The number of ether oxygens (including phenoxy) is 1. The van der Waals surface area contributed by atoms with Crippen molar-refractivity contribution < 1.29 is 9.13 Å². The number of hydrogen-bond acceptors (Lipinski definition) is 6. The molecule has 2 aliphatic heterocycles. The number of hydrogen-bond donors (Lipinski definition) is 1. The summed E-state index contributed by atoms with van der Waals surface area (Å²) in [5.74, 6) is -0.494. The summed E-state index contributed by atoms with van der Waals surface area (Å²) in [4.78, 5) is 17.6. The van der Waals surface area contributed by atoms with Gasteiger partial charge in [-0.15, -0.1) is 0 Å². The fraction of sp³-hybridized carbons (Fsp3) is 0.320. The molecule has 4 aromatic rings. The molecule has 9 heteroatoms. The Morgan fingerprint density at radius 3 is 2.79 bits per heavy atom. The Hall–Kier alpha value is -3.56. The van der Waals surface area contributed by atoms with E-state index in [1.807, 2.05) is 12.1 Å². The highest BCUT2D eigenvalue weighted by atomic mass is 19.1. The van der Waals surface area contributed by atoms with Crippen LogP contribution in [0.1, 0.15) is 5.56 Å². The molecule has 2 aliphatic rings. The lowest BCUT2D eigenvalue weighted by Gasteiger charge is -2.44. The predicted octanol–water partition coefficient (Wildman–Crippen LogP) is 2.74. The average Bonchev–Trinajstić information content (AvgIpc) is 3.26. The van der Waals surface area contributed by atoms with Crippen molar-refractivity contribution in [3.8, 4) is 16.9 Å². The van der Waals surface area contributed by atoms with E-state index in [2.05, 4.69) is 37.2 Å². The zero-order valence-electron chi connectivity index (χ0n) is 18.9. The number of piperazine rings is 1. The van der Waals surface area contributed by atoms with Gasteiger partial charge in [-0.05, 0) is 30.7 Å². The molecular weight excluding hydrogens is 435 g/mol. The second kappa shape index (κ2) is 8.34. The Labute approximate surface area is 195 Å². The predicted molar refractivity (Wildman–Crippen MR) is 128 cm³/mol. The molecule has 0 saturated carbocycles. The highest BCUT2D eigenvalue weighted by molar-refractivity contribution is 5.89. The Balaban J connectivity index is 1.33. The Morgan fingerprint density at radius 1 is 1.12 bits per heavy atom. The van der Waals surface area contributed by atoms with Crippen LogP contribution in [-0.4, -0.2) is 70.3 Å². The highest BCUT2D eigenvalue weighted by Gasteiger charge is 2.29. The normalized spacial score (nSPS) is 18.9. The minimum atomic E-state index is -0.494. The number of nitrogens with one attached hydrogen (secondary N) is 1. The molecule has 0 spiro atoms. The van der Waals surface area contributed by atoms with Gasteiger partial charge in [0.15, 0.2) is 0 Å². The first-order chi connectivity index (χ1) is 16.6. The Kier molecular flexibility index (Phi) is 5.15. The molecule has 2 aromatic carbocycles. The van der Waals surface area contributed by atoms with Crippen LogP contribution in [-0.2, 0) is 4.74 Å². The van der Waals surface area contributed by atoms with Gasteiger partial charge in [-0.25, -0.2) is 4.39 Å². The molecule has 2 saturated heterocycles. The summed E-state index contributed by atoms with van der Waals surface area (Å²) in [7, 11) is 0. The van der Waals surface area contributed by atoms with Gasteiger partial charge in [0.05, 0.1) is 24.8 Å². The van der Waals surface area contributed by atoms with Gasteiger partial charge in [0.1, 0.15) is 22.7 Å². The molecule has 1 N–H and O–H groups in total. The van der Waals surface area contributed by atoms with E-state index in [0.29, 0.717) is 28.3 Å². The maximum absolute atomic E-state index is 14.6. The maximum atomic E-state index is 14.6. The number of fused-ring (bicyclic) bond motifs is 2. The number of morpholine rings is 1. The Morgan fingerprint density at radius 2 is 1.97 bits per heavy atom. The summed E-state index contributed by atoms with van der Waals surface area (Å²) in [6, 6.07) is 14.7. The van der Waals surface area contributed by atoms with Crippen molar-refractivity contribution in [2.75, 3.05) is 44.3 Å². The van der Waals surface area contributed by atoms with Gasteiger partial charge in [0, 0.05) is 43.5 Å². The number of aryl methyl sites for hydroxylation is 1. The van der Waals surface area contributed by atoms with E-state index in [9.17, 15) is 9.18 Å². The first-order valence-corrected chi connectivity index (χ1v) is 11.5. The minimum Gasteiger partial charge on any atom is -0.378 e. The molecule has 34 heavy (non-hydrogen) atoms. The van der Waals surface area contributed by atoms with E-state index < -0.39 is 11.4 Å². The Bertz CT molecular complexity index is 1390. The average molecular weight is 461 g/mol. The third kappa shape index (κ3) is 3.57. The van der Waals surface area contributed by atoms with Crippen LogP contribution in [0.25, 0.3) is 28.0 Å². The molecule has 1 unspecified atom stereocenters. The van der Waals surface area contributed by atoms with E-state index in [-0.39, 0.29) is 5.69 Å². The van der Waals surface area contributed by atoms with Crippen molar-refractivity contribution in [1.29, 1.82) is 0 Å². The first-order valence-electron chi connectivity index (χ1n) is 11.5. The first kappa shape index (κ1) is 21.0. The number of nitrogens with zero attached hydrogens (tertiary/aromatic N) is 5. The van der Waals surface area contributed by atoms with Crippen molar-refractivity contribution in [1.82, 2.24) is 24.9 Å². The molecule has 0 amide bonds. The molecule has 2 aromatic heterocycles. The quantitative estimate of drug-likeness (QED) is 0.507. The number of rotatable bonds is 3. The zero-order chi connectivity index (χ0) is 23.2. The van der Waals surface area contributed by atoms with Crippen molar-refractivity contribution in [3.63, 3.8) is 0 Å². The molecule has 1 atom stereocenters. The van der Waals surface area contributed by atoms with Crippen LogP contribution in [0, 0.1) is 12.7 Å². The number of H-pyrrole nitrogens is 1. The van der Waals surface area contributed by atoms with Crippen molar-refractivity contribution in [2.45, 2.75) is 13.0 Å².